The highest BCUT2D eigenvalue weighted by Gasteiger charge is 1.98. The molecule has 2 N–H and O–H groups in total. The van der Waals surface area contributed by atoms with Crippen LogP contribution in [0.5, 0.6) is 0 Å². The van der Waals surface area contributed by atoms with Crippen molar-refractivity contribution in [3.63, 3.8) is 0 Å². The van der Waals surface area contributed by atoms with Gasteiger partial charge in [-0.05, 0) is 11.6 Å². The Labute approximate surface area is 91.7 Å². The van der Waals surface area contributed by atoms with Crippen molar-refractivity contribution in [1.29, 1.82) is 0 Å². The summed E-state index contributed by atoms with van der Waals surface area (Å²) in [5, 5.41) is 6.59. The summed E-state index contributed by atoms with van der Waals surface area (Å²) in [4.78, 5) is 0. The molecule has 2 heteroatoms. The molecule has 0 saturated carbocycles. The summed E-state index contributed by atoms with van der Waals surface area (Å²) >= 11 is 0. The Kier molecular flexibility index (Phi) is 5.26. The van der Waals surface area contributed by atoms with E-state index in [0.29, 0.717) is 0 Å². The minimum atomic E-state index is 0.790. The van der Waals surface area contributed by atoms with E-state index in [1.807, 2.05) is 24.3 Å². The molecule has 0 fully saturated rings. The Hall–Kier alpha value is -1.54. The Morgan fingerprint density at radius 3 is 2.53 bits per heavy atom. The second kappa shape index (κ2) is 6.85. The first kappa shape index (κ1) is 11.5. The Bertz CT molecular complexity index is 318. The van der Waals surface area contributed by atoms with Crippen LogP contribution in [-0.4, -0.2) is 13.1 Å². The zero-order chi connectivity index (χ0) is 10.9. The first-order chi connectivity index (χ1) is 7.38. The maximum absolute atomic E-state index is 3.69. The summed E-state index contributed by atoms with van der Waals surface area (Å²) < 4.78 is 0. The van der Waals surface area contributed by atoms with E-state index in [1.54, 1.807) is 0 Å². The highest BCUT2D eigenvalue weighted by molar-refractivity contribution is 5.51. The van der Waals surface area contributed by atoms with Gasteiger partial charge in [0.2, 0.25) is 0 Å². The molecule has 0 atom stereocenters. The quantitative estimate of drug-likeness (QED) is 0.524. The van der Waals surface area contributed by atoms with Crippen LogP contribution in [0.1, 0.15) is 5.56 Å². The van der Waals surface area contributed by atoms with E-state index in [9.17, 15) is 0 Å². The molecule has 0 aliphatic rings. The molecular formula is C13H18N2. The van der Waals surface area contributed by atoms with Crippen molar-refractivity contribution in [2.24, 2.45) is 0 Å². The predicted molar refractivity (Wildman–Crippen MR) is 67.0 cm³/mol. The van der Waals surface area contributed by atoms with Crippen LogP contribution in [0.2, 0.25) is 0 Å². The lowest BCUT2D eigenvalue weighted by Crippen LogP contribution is -2.14. The number of benzene rings is 1. The summed E-state index contributed by atoms with van der Waals surface area (Å²) in [5.41, 5.74) is 2.43. The van der Waals surface area contributed by atoms with Gasteiger partial charge in [-0.2, -0.15) is 0 Å². The van der Waals surface area contributed by atoms with Gasteiger partial charge < -0.3 is 10.6 Å². The van der Waals surface area contributed by atoms with Crippen LogP contribution in [0.25, 0.3) is 0 Å². The van der Waals surface area contributed by atoms with Crippen molar-refractivity contribution in [2.45, 2.75) is 6.54 Å². The van der Waals surface area contributed by atoms with Crippen molar-refractivity contribution in [2.75, 3.05) is 18.4 Å². The molecule has 0 bridgehead atoms. The minimum Gasteiger partial charge on any atom is -0.381 e. The lowest BCUT2D eigenvalue weighted by Gasteiger charge is -2.10. The second-order valence-corrected chi connectivity index (χ2v) is 3.25. The van der Waals surface area contributed by atoms with E-state index in [2.05, 4.69) is 35.9 Å². The highest BCUT2D eigenvalue weighted by Crippen LogP contribution is 2.14. The van der Waals surface area contributed by atoms with Gasteiger partial charge in [0.1, 0.15) is 0 Å². The third-order valence-electron chi connectivity index (χ3n) is 2.06. The van der Waals surface area contributed by atoms with Crippen LogP contribution in [-0.2, 0) is 6.54 Å². The topological polar surface area (TPSA) is 24.1 Å². The van der Waals surface area contributed by atoms with Crippen molar-refractivity contribution in [3.05, 3.63) is 55.1 Å². The van der Waals surface area contributed by atoms with Crippen molar-refractivity contribution in [1.82, 2.24) is 5.32 Å². The largest absolute Gasteiger partial charge is 0.381 e. The Balaban J connectivity index is 2.59. The van der Waals surface area contributed by atoms with Crippen LogP contribution in [0, 0.1) is 0 Å². The highest BCUT2D eigenvalue weighted by atomic mass is 14.9. The molecule has 0 aromatic heterocycles. The van der Waals surface area contributed by atoms with E-state index >= 15 is 0 Å². The molecule has 0 spiro atoms. The van der Waals surface area contributed by atoms with Crippen LogP contribution < -0.4 is 10.6 Å². The zero-order valence-electron chi connectivity index (χ0n) is 9.00. The molecule has 80 valence electrons. The average molecular weight is 202 g/mol. The van der Waals surface area contributed by atoms with Gasteiger partial charge in [-0.15, -0.1) is 13.2 Å². The number of anilines is 1. The van der Waals surface area contributed by atoms with E-state index in [1.165, 1.54) is 5.56 Å². The molecule has 0 radical (unpaired) electrons. The fraction of sp³-hybridized carbons (Fsp3) is 0.231. The molecule has 1 aromatic carbocycles. The third-order valence-corrected chi connectivity index (χ3v) is 2.06. The standard InChI is InChI=1S/C13H18N2/c1-3-9-14-11-12-7-5-6-8-13(12)15-10-4-2/h3-8,14-15H,1-2,9-11H2. The monoisotopic (exact) mass is 202 g/mol. The van der Waals surface area contributed by atoms with Gasteiger partial charge in [0.05, 0.1) is 0 Å². The van der Waals surface area contributed by atoms with E-state index in [-0.39, 0.29) is 0 Å². The first-order valence-electron chi connectivity index (χ1n) is 5.12. The van der Waals surface area contributed by atoms with Gasteiger partial charge in [0, 0.05) is 25.3 Å². The summed E-state index contributed by atoms with van der Waals surface area (Å²) in [6.45, 7) is 9.83. The molecule has 15 heavy (non-hydrogen) atoms. The molecule has 0 amide bonds. The third kappa shape index (κ3) is 4.00. The molecule has 0 unspecified atom stereocenters. The number of para-hydroxylation sites is 1. The number of hydrogen-bond acceptors (Lipinski definition) is 2. The van der Waals surface area contributed by atoms with Crippen molar-refractivity contribution in [3.8, 4) is 0 Å². The van der Waals surface area contributed by atoms with E-state index < -0.39 is 0 Å². The van der Waals surface area contributed by atoms with Gasteiger partial charge in [-0.1, -0.05) is 30.4 Å². The first-order valence-corrected chi connectivity index (χ1v) is 5.12. The summed E-state index contributed by atoms with van der Waals surface area (Å²) in [5.74, 6) is 0. The maximum Gasteiger partial charge on any atom is 0.0388 e. The maximum atomic E-state index is 3.69. The normalized spacial score (nSPS) is 9.60. The number of hydrogen-bond donors (Lipinski definition) is 2. The van der Waals surface area contributed by atoms with Crippen LogP contribution in [0.4, 0.5) is 5.69 Å². The van der Waals surface area contributed by atoms with Gasteiger partial charge in [-0.3, -0.25) is 0 Å². The molecule has 0 aliphatic heterocycles. The van der Waals surface area contributed by atoms with Crippen LogP contribution in [0.3, 0.4) is 0 Å². The van der Waals surface area contributed by atoms with E-state index in [4.69, 9.17) is 0 Å². The average Bonchev–Trinajstić information content (AvgIpc) is 2.28. The van der Waals surface area contributed by atoms with E-state index in [0.717, 1.165) is 25.3 Å². The summed E-state index contributed by atoms with van der Waals surface area (Å²) in [6.07, 6.45) is 3.72. The van der Waals surface area contributed by atoms with Gasteiger partial charge in [0.25, 0.3) is 0 Å². The minimum absolute atomic E-state index is 0.790. The predicted octanol–water partition coefficient (Wildman–Crippen LogP) is 2.56. The van der Waals surface area contributed by atoms with Crippen molar-refractivity contribution < 1.29 is 0 Å². The summed E-state index contributed by atoms with van der Waals surface area (Å²) in [7, 11) is 0. The SMILES string of the molecule is C=CCNCc1ccccc1NCC=C. The molecule has 1 aromatic rings. The number of nitrogens with one attached hydrogen (secondary N) is 2. The summed E-state index contributed by atoms with van der Waals surface area (Å²) in [6, 6.07) is 8.27. The van der Waals surface area contributed by atoms with Crippen molar-refractivity contribution >= 4 is 5.69 Å². The molecule has 0 heterocycles. The lowest BCUT2D eigenvalue weighted by atomic mass is 10.1. The Morgan fingerprint density at radius 1 is 1.07 bits per heavy atom. The lowest BCUT2D eigenvalue weighted by molar-refractivity contribution is 0.761. The zero-order valence-corrected chi connectivity index (χ0v) is 9.00. The molecule has 0 aliphatic carbocycles. The van der Waals surface area contributed by atoms with Gasteiger partial charge in [0.15, 0.2) is 0 Å². The Morgan fingerprint density at radius 2 is 1.80 bits per heavy atom. The molecule has 0 saturated heterocycles. The second-order valence-electron chi connectivity index (χ2n) is 3.25. The fourth-order valence-electron chi connectivity index (χ4n) is 1.34. The smallest absolute Gasteiger partial charge is 0.0388 e. The van der Waals surface area contributed by atoms with Gasteiger partial charge in [-0.25, -0.2) is 0 Å². The molecule has 2 nitrogen and oxygen atoms in total. The van der Waals surface area contributed by atoms with Crippen LogP contribution >= 0.6 is 0 Å². The fourth-order valence-corrected chi connectivity index (χ4v) is 1.34. The van der Waals surface area contributed by atoms with Gasteiger partial charge >= 0.3 is 0 Å². The van der Waals surface area contributed by atoms with Crippen LogP contribution in [0.15, 0.2) is 49.6 Å². The molecular weight excluding hydrogens is 184 g/mol. The molecule has 1 rings (SSSR count). The number of rotatable bonds is 7.